The van der Waals surface area contributed by atoms with Crippen LogP contribution in [0.15, 0.2) is 35.0 Å². The quantitative estimate of drug-likeness (QED) is 0.0897. The molecule has 6 N–H and O–H groups in total. The molecule has 2 aliphatic carbocycles. The molecule has 266 valence electrons. The van der Waals surface area contributed by atoms with E-state index in [0.29, 0.717) is 11.9 Å². The van der Waals surface area contributed by atoms with Gasteiger partial charge in [0.15, 0.2) is 0 Å². The number of carbonyl (C=O) groups is 1. The Labute approximate surface area is 311 Å². The normalized spacial score (nSPS) is 22.3. The molecule has 6 heterocycles. The number of hydrogen-bond acceptors (Lipinski definition) is 16. The smallest absolute Gasteiger partial charge is 0.233 e. The molecule has 51 heavy (non-hydrogen) atoms. The van der Waals surface area contributed by atoms with Gasteiger partial charge in [0.2, 0.25) is 17.8 Å². The van der Waals surface area contributed by atoms with E-state index in [1.54, 1.807) is 22.7 Å². The van der Waals surface area contributed by atoms with Crippen LogP contribution in [-0.4, -0.2) is 64.4 Å². The van der Waals surface area contributed by atoms with Crippen LogP contribution in [0.1, 0.15) is 56.3 Å². The van der Waals surface area contributed by atoms with Crippen molar-refractivity contribution in [3.05, 3.63) is 46.4 Å². The van der Waals surface area contributed by atoms with Crippen LogP contribution >= 0.6 is 45.7 Å². The Morgan fingerprint density at radius 2 is 1.53 bits per heavy atom. The predicted octanol–water partition coefficient (Wildman–Crippen LogP) is 7.21. The van der Waals surface area contributed by atoms with Gasteiger partial charge in [-0.25, -0.2) is 9.97 Å². The van der Waals surface area contributed by atoms with E-state index in [1.165, 1.54) is 23.1 Å². The van der Waals surface area contributed by atoms with Crippen LogP contribution in [0.4, 0.5) is 33.5 Å². The summed E-state index contributed by atoms with van der Waals surface area (Å²) < 4.78 is 11.0. The second kappa shape index (κ2) is 14.5. The maximum Gasteiger partial charge on any atom is 0.233 e. The SMILES string of the molecule is Cc1cc(Nc2nc(NC3CCC(CO)C(N(c4nc(NC5CCC(C(N)=O)CC5)c5sccc5n4)c4cc(C)ns4)C3)c3sccc3n2)sn1. The molecule has 6 aromatic heterocycles. The Bertz CT molecular complexity index is 2150. The maximum absolute atomic E-state index is 11.8. The molecule has 6 aromatic rings. The van der Waals surface area contributed by atoms with Gasteiger partial charge in [0.1, 0.15) is 21.6 Å². The molecular formula is C34H39N11O2S4. The van der Waals surface area contributed by atoms with Gasteiger partial charge in [-0.2, -0.15) is 18.7 Å². The van der Waals surface area contributed by atoms with Gasteiger partial charge in [-0.1, -0.05) is 0 Å². The summed E-state index contributed by atoms with van der Waals surface area (Å²) in [5.41, 5.74) is 9.23. The van der Waals surface area contributed by atoms with Crippen molar-refractivity contribution in [1.82, 2.24) is 28.7 Å². The van der Waals surface area contributed by atoms with Gasteiger partial charge in [0, 0.05) is 36.6 Å². The Hall–Kier alpha value is -4.03. The third kappa shape index (κ3) is 7.22. The van der Waals surface area contributed by atoms with E-state index in [1.807, 2.05) is 42.8 Å². The van der Waals surface area contributed by atoms with Gasteiger partial charge in [-0.3, -0.25) is 9.69 Å². The third-order valence-corrected chi connectivity index (χ3v) is 13.4. The molecule has 0 radical (unpaired) electrons. The van der Waals surface area contributed by atoms with Crippen LogP contribution in [0.2, 0.25) is 0 Å². The van der Waals surface area contributed by atoms with Crippen LogP contribution < -0.4 is 26.6 Å². The van der Waals surface area contributed by atoms with Crippen molar-refractivity contribution in [2.24, 2.45) is 17.6 Å². The van der Waals surface area contributed by atoms with Crippen molar-refractivity contribution in [2.75, 3.05) is 27.5 Å². The summed E-state index contributed by atoms with van der Waals surface area (Å²) in [6.07, 6.45) is 5.64. The molecule has 1 amide bonds. The molecule has 0 aliphatic heterocycles. The number of aliphatic hydroxyl groups is 1. The zero-order valence-electron chi connectivity index (χ0n) is 28.2. The van der Waals surface area contributed by atoms with E-state index in [9.17, 15) is 9.90 Å². The molecule has 17 heteroatoms. The number of aliphatic hydroxyl groups excluding tert-OH is 1. The summed E-state index contributed by atoms with van der Waals surface area (Å²) in [6, 6.07) is 8.25. The number of aromatic nitrogens is 6. The lowest BCUT2D eigenvalue weighted by Crippen LogP contribution is -2.47. The molecule has 0 bridgehead atoms. The third-order valence-electron chi connectivity index (χ3n) is 9.86. The Morgan fingerprint density at radius 1 is 0.863 bits per heavy atom. The number of nitrogens with one attached hydrogen (secondary N) is 3. The Balaban J connectivity index is 1.11. The largest absolute Gasteiger partial charge is 0.396 e. The monoisotopic (exact) mass is 761 g/mol. The molecule has 3 atom stereocenters. The topological polar surface area (TPSA) is 180 Å². The highest BCUT2D eigenvalue weighted by molar-refractivity contribution is 7.18. The molecule has 8 rings (SSSR count). The zero-order chi connectivity index (χ0) is 35.1. The summed E-state index contributed by atoms with van der Waals surface area (Å²) in [7, 11) is 0. The van der Waals surface area contributed by atoms with Gasteiger partial charge < -0.3 is 26.8 Å². The Morgan fingerprint density at radius 3 is 2.20 bits per heavy atom. The van der Waals surface area contributed by atoms with Gasteiger partial charge in [0.25, 0.3) is 0 Å². The van der Waals surface area contributed by atoms with E-state index in [0.717, 1.165) is 98.4 Å². The van der Waals surface area contributed by atoms with E-state index >= 15 is 0 Å². The first-order valence-electron chi connectivity index (χ1n) is 17.2. The second-order valence-electron chi connectivity index (χ2n) is 13.4. The second-order valence-corrected chi connectivity index (χ2v) is 16.9. The lowest BCUT2D eigenvalue weighted by atomic mass is 9.81. The highest BCUT2D eigenvalue weighted by Gasteiger charge is 2.38. The number of carbonyl (C=O) groups excluding carboxylic acids is 1. The minimum Gasteiger partial charge on any atom is -0.396 e. The number of fused-ring (bicyclic) bond motifs is 2. The molecule has 0 saturated heterocycles. The zero-order valence-corrected chi connectivity index (χ0v) is 31.5. The van der Waals surface area contributed by atoms with Crippen LogP contribution in [0.25, 0.3) is 20.4 Å². The van der Waals surface area contributed by atoms with Gasteiger partial charge in [-0.15, -0.1) is 22.7 Å². The molecule has 3 unspecified atom stereocenters. The highest BCUT2D eigenvalue weighted by atomic mass is 32.1. The molecule has 13 nitrogen and oxygen atoms in total. The summed E-state index contributed by atoms with van der Waals surface area (Å²) >= 11 is 6.04. The van der Waals surface area contributed by atoms with E-state index in [4.69, 9.17) is 25.7 Å². The molecule has 0 spiro atoms. The number of nitrogens with zero attached hydrogens (tertiary/aromatic N) is 7. The van der Waals surface area contributed by atoms with Crippen LogP contribution in [0.5, 0.6) is 0 Å². The summed E-state index contributed by atoms with van der Waals surface area (Å²) in [4.78, 5) is 34.0. The number of nitrogens with two attached hydrogens (primary N) is 1. The standard InChI is InChI=1S/C34H39N11O2S4/c1-17-13-26(50-43-17)40-33-38-23-9-11-48-28(23)31(41-33)37-22-8-5-20(16-46)25(15-22)45(27-14-18(2)44-51-27)34-39-24-10-12-49-29(24)32(42-34)36-21-6-3-19(4-7-21)30(35)47/h9-14,19-22,25,46H,3-8,15-16H2,1-2H3,(H2,35,47)(H,36,39,42)(H2,37,38,40,41). The summed E-state index contributed by atoms with van der Waals surface area (Å²) in [5, 5.41) is 27.5. The fourth-order valence-electron chi connectivity index (χ4n) is 7.26. The van der Waals surface area contributed by atoms with Crippen LogP contribution in [0, 0.1) is 25.7 Å². The fraction of sp³-hybridized carbons (Fsp3) is 0.441. The average Bonchev–Trinajstić information content (AvgIpc) is 3.95. The van der Waals surface area contributed by atoms with E-state index < -0.39 is 0 Å². The van der Waals surface area contributed by atoms with Crippen molar-refractivity contribution in [2.45, 2.75) is 76.9 Å². The number of hydrogen-bond donors (Lipinski definition) is 5. The number of rotatable bonds is 11. The van der Waals surface area contributed by atoms with E-state index in [2.05, 4.69) is 35.7 Å². The molecule has 2 fully saturated rings. The average molecular weight is 762 g/mol. The van der Waals surface area contributed by atoms with Gasteiger partial charge >= 0.3 is 0 Å². The number of amides is 1. The minimum atomic E-state index is -0.213. The van der Waals surface area contributed by atoms with Crippen molar-refractivity contribution in [1.29, 1.82) is 0 Å². The van der Waals surface area contributed by atoms with Crippen LogP contribution in [0.3, 0.4) is 0 Å². The number of anilines is 6. The van der Waals surface area contributed by atoms with Gasteiger partial charge in [-0.05, 0) is 117 Å². The molecule has 2 saturated carbocycles. The number of aryl methyl sites for hydroxylation is 2. The van der Waals surface area contributed by atoms with Crippen molar-refractivity contribution in [3.8, 4) is 0 Å². The van der Waals surface area contributed by atoms with Crippen molar-refractivity contribution in [3.63, 3.8) is 0 Å². The van der Waals surface area contributed by atoms with E-state index in [-0.39, 0.29) is 42.5 Å². The first-order valence-corrected chi connectivity index (χ1v) is 20.5. The fourth-order valence-corrected chi connectivity index (χ4v) is 10.3. The van der Waals surface area contributed by atoms with Crippen molar-refractivity contribution < 1.29 is 9.90 Å². The van der Waals surface area contributed by atoms with Gasteiger partial charge in [0.05, 0.1) is 31.8 Å². The first-order chi connectivity index (χ1) is 24.8. The lowest BCUT2D eigenvalue weighted by molar-refractivity contribution is -0.122. The Kier molecular flexibility index (Phi) is 9.71. The number of thiophene rings is 2. The number of primary amides is 1. The molecular weight excluding hydrogens is 723 g/mol. The predicted molar refractivity (Wildman–Crippen MR) is 208 cm³/mol. The lowest BCUT2D eigenvalue weighted by Gasteiger charge is -2.42. The summed E-state index contributed by atoms with van der Waals surface area (Å²) in [6.45, 7) is 4.00. The van der Waals surface area contributed by atoms with Crippen molar-refractivity contribution >= 4 is 106 Å². The molecule has 2 aliphatic rings. The summed E-state index contributed by atoms with van der Waals surface area (Å²) in [5.74, 6) is 2.40. The highest BCUT2D eigenvalue weighted by Crippen LogP contribution is 2.41. The molecule has 0 aromatic carbocycles. The first kappa shape index (κ1) is 34.1. The van der Waals surface area contributed by atoms with Crippen LogP contribution in [-0.2, 0) is 4.79 Å². The minimum absolute atomic E-state index is 0.00772. The maximum atomic E-state index is 11.8.